The quantitative estimate of drug-likeness (QED) is 0.814. The Morgan fingerprint density at radius 3 is 2.44 bits per heavy atom. The number of anilines is 1. The molecular formula is C15H24FNO. The van der Waals surface area contributed by atoms with Crippen LogP contribution < -0.4 is 10.5 Å². The molecule has 0 atom stereocenters. The second-order valence-electron chi connectivity index (χ2n) is 4.36. The molecule has 1 fully saturated rings. The van der Waals surface area contributed by atoms with Crippen molar-refractivity contribution in [3.05, 3.63) is 23.5 Å². The molecule has 1 aromatic carbocycles. The van der Waals surface area contributed by atoms with Gasteiger partial charge in [0.25, 0.3) is 0 Å². The van der Waals surface area contributed by atoms with E-state index in [1.807, 2.05) is 20.8 Å². The van der Waals surface area contributed by atoms with E-state index in [1.165, 1.54) is 18.9 Å². The summed E-state index contributed by atoms with van der Waals surface area (Å²) < 4.78 is 19.2. The average molecular weight is 253 g/mol. The summed E-state index contributed by atoms with van der Waals surface area (Å²) in [6.07, 6.45) is 5.70. The average Bonchev–Trinajstić information content (AvgIpc) is 2.89. The van der Waals surface area contributed by atoms with Gasteiger partial charge in [0.1, 0.15) is 11.6 Å². The van der Waals surface area contributed by atoms with E-state index < -0.39 is 0 Å². The topological polar surface area (TPSA) is 35.2 Å². The molecule has 1 aromatic rings. The highest BCUT2D eigenvalue weighted by Crippen LogP contribution is 2.29. The van der Waals surface area contributed by atoms with Crippen LogP contribution in [0.5, 0.6) is 5.75 Å². The van der Waals surface area contributed by atoms with Gasteiger partial charge in [-0.1, -0.05) is 20.8 Å². The number of ether oxygens (including phenoxy) is 1. The van der Waals surface area contributed by atoms with Crippen molar-refractivity contribution in [1.82, 2.24) is 0 Å². The summed E-state index contributed by atoms with van der Waals surface area (Å²) >= 11 is 0. The number of halogens is 1. The van der Waals surface area contributed by atoms with E-state index in [-0.39, 0.29) is 17.6 Å². The van der Waals surface area contributed by atoms with E-state index in [4.69, 9.17) is 10.5 Å². The van der Waals surface area contributed by atoms with Gasteiger partial charge < -0.3 is 10.5 Å². The fourth-order valence-electron chi connectivity index (χ4n) is 2.18. The number of aryl methyl sites for hydroxylation is 1. The minimum Gasteiger partial charge on any atom is -0.490 e. The molecule has 0 aliphatic heterocycles. The maximum atomic E-state index is 13.3. The number of nitrogen functional groups attached to an aromatic ring is 1. The first-order valence-electron chi connectivity index (χ1n) is 6.95. The van der Waals surface area contributed by atoms with Crippen LogP contribution in [-0.2, 0) is 6.42 Å². The Kier molecular flexibility index (Phi) is 5.96. The zero-order valence-electron chi connectivity index (χ0n) is 11.6. The first-order chi connectivity index (χ1) is 8.70. The highest BCUT2D eigenvalue weighted by molar-refractivity contribution is 5.50. The second-order valence-corrected chi connectivity index (χ2v) is 4.36. The van der Waals surface area contributed by atoms with E-state index in [2.05, 4.69) is 0 Å². The minimum absolute atomic E-state index is 0.171. The van der Waals surface area contributed by atoms with Gasteiger partial charge in [0.2, 0.25) is 0 Å². The lowest BCUT2D eigenvalue weighted by atomic mass is 10.1. The SMILES string of the molecule is CC.CCc1cc(F)c(N)cc1OC1CCCC1. The third-order valence-electron chi connectivity index (χ3n) is 3.16. The molecule has 0 saturated heterocycles. The van der Waals surface area contributed by atoms with Crippen molar-refractivity contribution in [2.75, 3.05) is 5.73 Å². The third-order valence-corrected chi connectivity index (χ3v) is 3.16. The highest BCUT2D eigenvalue weighted by Gasteiger charge is 2.18. The van der Waals surface area contributed by atoms with E-state index >= 15 is 0 Å². The van der Waals surface area contributed by atoms with Gasteiger partial charge in [0.05, 0.1) is 11.8 Å². The zero-order chi connectivity index (χ0) is 13.5. The van der Waals surface area contributed by atoms with E-state index in [0.29, 0.717) is 0 Å². The molecule has 0 aromatic heterocycles. The van der Waals surface area contributed by atoms with Crippen molar-refractivity contribution in [2.45, 2.75) is 59.0 Å². The van der Waals surface area contributed by atoms with Crippen LogP contribution >= 0.6 is 0 Å². The van der Waals surface area contributed by atoms with Crippen LogP contribution in [0.15, 0.2) is 12.1 Å². The Labute approximate surface area is 109 Å². The standard InChI is InChI=1S/C13H18FNO.C2H6/c1-2-9-7-11(14)12(15)8-13(9)16-10-5-3-4-6-10;1-2/h7-8,10H,2-6,15H2,1H3;1-2H3. The summed E-state index contributed by atoms with van der Waals surface area (Å²) in [7, 11) is 0. The molecule has 1 aliphatic rings. The molecule has 3 heteroatoms. The largest absolute Gasteiger partial charge is 0.490 e. The molecule has 0 radical (unpaired) electrons. The predicted molar refractivity (Wildman–Crippen MR) is 74.4 cm³/mol. The molecule has 1 aliphatic carbocycles. The Hall–Kier alpha value is -1.25. The van der Waals surface area contributed by atoms with Gasteiger partial charge >= 0.3 is 0 Å². The second kappa shape index (κ2) is 7.24. The maximum Gasteiger partial charge on any atom is 0.146 e. The molecule has 0 spiro atoms. The summed E-state index contributed by atoms with van der Waals surface area (Å²) in [6, 6.07) is 3.10. The lowest BCUT2D eigenvalue weighted by molar-refractivity contribution is 0.208. The summed E-state index contributed by atoms with van der Waals surface area (Å²) in [5.41, 5.74) is 6.64. The van der Waals surface area contributed by atoms with Crippen LogP contribution in [0.3, 0.4) is 0 Å². The minimum atomic E-state index is -0.351. The van der Waals surface area contributed by atoms with Gasteiger partial charge in [-0.2, -0.15) is 0 Å². The van der Waals surface area contributed by atoms with Gasteiger partial charge in [-0.15, -0.1) is 0 Å². The predicted octanol–water partition coefficient (Wildman–Crippen LogP) is 4.32. The van der Waals surface area contributed by atoms with Crippen LogP contribution in [0.2, 0.25) is 0 Å². The number of nitrogens with two attached hydrogens (primary N) is 1. The number of hydrogen-bond donors (Lipinski definition) is 1. The maximum absolute atomic E-state index is 13.3. The first kappa shape index (κ1) is 14.8. The monoisotopic (exact) mass is 253 g/mol. The van der Waals surface area contributed by atoms with E-state index in [9.17, 15) is 4.39 Å². The molecule has 102 valence electrons. The normalized spacial score (nSPS) is 15.1. The molecule has 0 unspecified atom stereocenters. The zero-order valence-corrected chi connectivity index (χ0v) is 11.6. The summed E-state index contributed by atoms with van der Waals surface area (Å²) in [5.74, 6) is 0.406. The lowest BCUT2D eigenvalue weighted by Crippen LogP contribution is -2.12. The molecule has 18 heavy (non-hydrogen) atoms. The molecule has 0 bridgehead atoms. The van der Waals surface area contributed by atoms with Crippen molar-refractivity contribution in [3.63, 3.8) is 0 Å². The Morgan fingerprint density at radius 2 is 1.89 bits per heavy atom. The molecule has 2 nitrogen and oxygen atoms in total. The summed E-state index contributed by atoms with van der Waals surface area (Å²) in [4.78, 5) is 0. The van der Waals surface area contributed by atoms with Gasteiger partial charge in [-0.05, 0) is 43.7 Å². The van der Waals surface area contributed by atoms with Crippen LogP contribution in [-0.4, -0.2) is 6.10 Å². The first-order valence-corrected chi connectivity index (χ1v) is 6.95. The van der Waals surface area contributed by atoms with Crippen LogP contribution in [0, 0.1) is 5.82 Å². The summed E-state index contributed by atoms with van der Waals surface area (Å²) in [6.45, 7) is 5.99. The number of benzene rings is 1. The molecule has 1 saturated carbocycles. The van der Waals surface area contributed by atoms with Gasteiger partial charge in [0, 0.05) is 6.07 Å². The van der Waals surface area contributed by atoms with Crippen molar-refractivity contribution in [2.24, 2.45) is 0 Å². The van der Waals surface area contributed by atoms with Crippen LogP contribution in [0.1, 0.15) is 52.0 Å². The van der Waals surface area contributed by atoms with Crippen molar-refractivity contribution in [1.29, 1.82) is 0 Å². The molecule has 2 N–H and O–H groups in total. The summed E-state index contributed by atoms with van der Waals surface area (Å²) in [5, 5.41) is 0. The van der Waals surface area contributed by atoms with E-state index in [0.717, 1.165) is 30.6 Å². The van der Waals surface area contributed by atoms with Gasteiger partial charge in [0.15, 0.2) is 0 Å². The number of hydrogen-bond acceptors (Lipinski definition) is 2. The smallest absolute Gasteiger partial charge is 0.146 e. The Bertz CT molecular complexity index is 373. The van der Waals surface area contributed by atoms with Gasteiger partial charge in [-0.3, -0.25) is 0 Å². The highest BCUT2D eigenvalue weighted by atomic mass is 19.1. The van der Waals surface area contributed by atoms with Crippen LogP contribution in [0.25, 0.3) is 0 Å². The Balaban J connectivity index is 0.000000771. The Morgan fingerprint density at radius 1 is 1.28 bits per heavy atom. The molecule has 0 amide bonds. The molecule has 2 rings (SSSR count). The van der Waals surface area contributed by atoms with Crippen molar-refractivity contribution < 1.29 is 9.13 Å². The molecular weight excluding hydrogens is 229 g/mol. The van der Waals surface area contributed by atoms with E-state index in [1.54, 1.807) is 6.07 Å². The lowest BCUT2D eigenvalue weighted by Gasteiger charge is -2.16. The fraction of sp³-hybridized carbons (Fsp3) is 0.600. The third kappa shape index (κ3) is 3.62. The number of rotatable bonds is 3. The fourth-order valence-corrected chi connectivity index (χ4v) is 2.18. The van der Waals surface area contributed by atoms with Crippen molar-refractivity contribution in [3.8, 4) is 5.75 Å². The van der Waals surface area contributed by atoms with Gasteiger partial charge in [-0.25, -0.2) is 4.39 Å². The van der Waals surface area contributed by atoms with Crippen molar-refractivity contribution >= 4 is 5.69 Å². The molecule has 0 heterocycles. The van der Waals surface area contributed by atoms with Crippen LogP contribution in [0.4, 0.5) is 10.1 Å².